The summed E-state index contributed by atoms with van der Waals surface area (Å²) >= 11 is 6.39. The third-order valence-electron chi connectivity index (χ3n) is 4.63. The Morgan fingerprint density at radius 3 is 2.77 bits per heavy atom. The largest absolute Gasteiger partial charge is 0.440 e. The molecule has 0 unspecified atom stereocenters. The Balaban J connectivity index is 1.75. The molecule has 1 atom stereocenters. The van der Waals surface area contributed by atoms with Gasteiger partial charge >= 0.3 is 6.09 Å². The molecule has 2 aliphatic rings. The second-order valence-corrected chi connectivity index (χ2v) is 6.77. The predicted octanol–water partition coefficient (Wildman–Crippen LogP) is 2.05. The smallest absolute Gasteiger partial charge is 0.410 e. The molecule has 0 bridgehead atoms. The predicted molar refractivity (Wildman–Crippen MR) is 83.9 cm³/mol. The van der Waals surface area contributed by atoms with E-state index in [0.29, 0.717) is 11.7 Å². The molecule has 0 radical (unpaired) electrons. The zero-order valence-electron chi connectivity index (χ0n) is 13.4. The minimum Gasteiger partial charge on any atom is -0.440 e. The molecule has 1 aromatic rings. The maximum atomic E-state index is 11.7. The summed E-state index contributed by atoms with van der Waals surface area (Å²) < 4.78 is 7.39. The Bertz CT molecular complexity index is 588. The molecule has 0 aliphatic carbocycles. The quantitative estimate of drug-likeness (QED) is 0.853. The average molecular weight is 327 g/mol. The monoisotopic (exact) mass is 326 g/mol. The summed E-state index contributed by atoms with van der Waals surface area (Å²) in [6.45, 7) is 5.28. The van der Waals surface area contributed by atoms with Crippen molar-refractivity contribution in [2.45, 2.75) is 38.3 Å². The first-order valence-electron chi connectivity index (χ1n) is 7.81. The summed E-state index contributed by atoms with van der Waals surface area (Å²) in [6, 6.07) is 0. The normalized spacial score (nSPS) is 26.0. The lowest BCUT2D eigenvalue weighted by Gasteiger charge is -2.38. The lowest BCUT2D eigenvalue weighted by Crippen LogP contribution is -2.50. The minimum absolute atomic E-state index is 0.212. The molecule has 7 heteroatoms. The summed E-state index contributed by atoms with van der Waals surface area (Å²) in [5.41, 5.74) is 1.79. The topological polar surface area (TPSA) is 50.6 Å². The van der Waals surface area contributed by atoms with Crippen LogP contribution in [0.5, 0.6) is 0 Å². The highest BCUT2D eigenvalue weighted by molar-refractivity contribution is 6.30. The van der Waals surface area contributed by atoms with E-state index in [4.69, 9.17) is 16.3 Å². The molecule has 1 spiro atoms. The van der Waals surface area contributed by atoms with Crippen molar-refractivity contribution in [3.8, 4) is 0 Å². The van der Waals surface area contributed by atoms with Crippen LogP contribution in [0, 0.1) is 0 Å². The minimum atomic E-state index is -0.356. The number of amides is 1. The van der Waals surface area contributed by atoms with Gasteiger partial charge in [-0.3, -0.25) is 9.58 Å². The number of ether oxygens (including phenoxy) is 1. The second-order valence-electron chi connectivity index (χ2n) is 6.41. The fourth-order valence-electron chi connectivity index (χ4n) is 3.59. The Morgan fingerprint density at radius 2 is 2.14 bits per heavy atom. The van der Waals surface area contributed by atoms with E-state index in [1.807, 2.05) is 7.05 Å². The van der Waals surface area contributed by atoms with Crippen molar-refractivity contribution in [1.82, 2.24) is 19.6 Å². The maximum absolute atomic E-state index is 11.7. The van der Waals surface area contributed by atoms with Crippen LogP contribution in [0.25, 0.3) is 0 Å². The number of carbonyl (C=O) groups excluding carboxylic acids is 1. The number of rotatable bonds is 3. The van der Waals surface area contributed by atoms with Crippen molar-refractivity contribution >= 4 is 17.7 Å². The molecule has 2 fully saturated rings. The van der Waals surface area contributed by atoms with Crippen molar-refractivity contribution in [2.75, 3.05) is 26.7 Å². The summed E-state index contributed by atoms with van der Waals surface area (Å²) in [5, 5.41) is 5.18. The van der Waals surface area contributed by atoms with Gasteiger partial charge in [-0.1, -0.05) is 18.5 Å². The van der Waals surface area contributed by atoms with Crippen molar-refractivity contribution in [2.24, 2.45) is 7.05 Å². The second kappa shape index (κ2) is 5.74. The van der Waals surface area contributed by atoms with Crippen LogP contribution in [0.2, 0.25) is 5.15 Å². The van der Waals surface area contributed by atoms with E-state index in [9.17, 15) is 4.79 Å². The van der Waals surface area contributed by atoms with Crippen molar-refractivity contribution in [1.29, 1.82) is 0 Å². The number of hydrogen-bond donors (Lipinski definition) is 0. The number of hydrogen-bond acceptors (Lipinski definition) is 4. The Kier molecular flexibility index (Phi) is 4.07. The molecule has 0 saturated carbocycles. The molecule has 0 aromatic carbocycles. The zero-order valence-corrected chi connectivity index (χ0v) is 14.2. The molecule has 1 amide bonds. The highest BCUT2D eigenvalue weighted by Crippen LogP contribution is 2.33. The Labute approximate surface area is 136 Å². The third kappa shape index (κ3) is 2.70. The fraction of sp³-hybridized carbons (Fsp3) is 0.733. The van der Waals surface area contributed by atoms with Gasteiger partial charge in [0.1, 0.15) is 10.8 Å². The number of piperidine rings is 1. The number of likely N-dealkylation sites (tertiary alicyclic amines) is 1. The summed E-state index contributed by atoms with van der Waals surface area (Å²) in [4.78, 5) is 15.7. The number of halogens is 1. The standard InChI is InChI=1S/C15H23ClN4O2/c1-4-12-11(13(16)19(3)17-12)8-20-7-5-6-15(10-20)9-18(2)14(21)22-15/h4-10H2,1-3H3/t15-/m1/s1. The van der Waals surface area contributed by atoms with Gasteiger partial charge < -0.3 is 9.64 Å². The van der Waals surface area contributed by atoms with Gasteiger partial charge in [-0.15, -0.1) is 0 Å². The lowest BCUT2D eigenvalue weighted by atomic mass is 9.92. The first-order chi connectivity index (χ1) is 10.4. The fourth-order valence-corrected chi connectivity index (χ4v) is 3.80. The van der Waals surface area contributed by atoms with Gasteiger partial charge in [0.2, 0.25) is 0 Å². The van der Waals surface area contributed by atoms with Crippen LogP contribution in [-0.4, -0.2) is 58.0 Å². The van der Waals surface area contributed by atoms with Gasteiger partial charge in [0, 0.05) is 32.7 Å². The number of aryl methyl sites for hydroxylation is 2. The molecule has 22 heavy (non-hydrogen) atoms. The first-order valence-corrected chi connectivity index (χ1v) is 8.18. The van der Waals surface area contributed by atoms with Crippen LogP contribution in [0.3, 0.4) is 0 Å². The number of likely N-dealkylation sites (N-methyl/N-ethyl adjacent to an activating group) is 1. The van der Waals surface area contributed by atoms with Crippen molar-refractivity contribution in [3.63, 3.8) is 0 Å². The number of aromatic nitrogens is 2. The van der Waals surface area contributed by atoms with Gasteiger partial charge in [-0.2, -0.15) is 5.10 Å². The van der Waals surface area contributed by atoms with E-state index in [-0.39, 0.29) is 11.7 Å². The van der Waals surface area contributed by atoms with Crippen LogP contribution in [0.15, 0.2) is 0 Å². The van der Waals surface area contributed by atoms with E-state index in [1.165, 1.54) is 0 Å². The van der Waals surface area contributed by atoms with Crippen LogP contribution in [-0.2, 0) is 24.8 Å². The van der Waals surface area contributed by atoms with Gasteiger partial charge in [0.15, 0.2) is 0 Å². The van der Waals surface area contributed by atoms with E-state index < -0.39 is 0 Å². The van der Waals surface area contributed by atoms with E-state index in [0.717, 1.165) is 50.2 Å². The Morgan fingerprint density at radius 1 is 1.36 bits per heavy atom. The van der Waals surface area contributed by atoms with Gasteiger partial charge in [-0.05, 0) is 25.8 Å². The molecule has 1 aromatic heterocycles. The van der Waals surface area contributed by atoms with Crippen molar-refractivity contribution < 1.29 is 9.53 Å². The van der Waals surface area contributed by atoms with Gasteiger partial charge in [0.05, 0.1) is 12.2 Å². The summed E-state index contributed by atoms with van der Waals surface area (Å²) in [7, 11) is 3.67. The van der Waals surface area contributed by atoms with Crippen LogP contribution < -0.4 is 0 Å². The summed E-state index contributed by atoms with van der Waals surface area (Å²) in [5.74, 6) is 0. The highest BCUT2D eigenvalue weighted by Gasteiger charge is 2.46. The number of nitrogens with zero attached hydrogens (tertiary/aromatic N) is 4. The van der Waals surface area contributed by atoms with Gasteiger partial charge in [0.25, 0.3) is 0 Å². The van der Waals surface area contributed by atoms with Crippen LogP contribution in [0.1, 0.15) is 31.0 Å². The SMILES string of the molecule is CCc1nn(C)c(Cl)c1CN1CCC[C@]2(C1)CN(C)C(=O)O2. The van der Waals surface area contributed by atoms with Crippen LogP contribution >= 0.6 is 11.6 Å². The molecule has 3 rings (SSSR count). The van der Waals surface area contributed by atoms with E-state index in [1.54, 1.807) is 16.6 Å². The molecule has 3 heterocycles. The van der Waals surface area contributed by atoms with E-state index >= 15 is 0 Å². The molecule has 122 valence electrons. The zero-order chi connectivity index (χ0) is 15.9. The van der Waals surface area contributed by atoms with Gasteiger partial charge in [-0.25, -0.2) is 4.79 Å². The Hall–Kier alpha value is -1.27. The number of carbonyl (C=O) groups is 1. The van der Waals surface area contributed by atoms with Crippen LogP contribution in [0.4, 0.5) is 4.79 Å². The van der Waals surface area contributed by atoms with Crippen molar-refractivity contribution in [3.05, 3.63) is 16.4 Å². The molecule has 0 N–H and O–H groups in total. The first kappa shape index (κ1) is 15.6. The lowest BCUT2D eigenvalue weighted by molar-refractivity contribution is -0.0114. The molecular weight excluding hydrogens is 304 g/mol. The maximum Gasteiger partial charge on any atom is 0.410 e. The third-order valence-corrected chi connectivity index (χ3v) is 5.10. The molecule has 2 saturated heterocycles. The van der Waals surface area contributed by atoms with E-state index in [2.05, 4.69) is 16.9 Å². The summed E-state index contributed by atoms with van der Waals surface area (Å²) in [6.07, 6.45) is 2.61. The molecule has 6 nitrogen and oxygen atoms in total. The average Bonchev–Trinajstić information content (AvgIpc) is 2.89. The highest BCUT2D eigenvalue weighted by atomic mass is 35.5. The molecule has 2 aliphatic heterocycles. The molecular formula is C15H23ClN4O2.